The van der Waals surface area contributed by atoms with Crippen molar-refractivity contribution in [1.29, 1.82) is 5.26 Å². The molecule has 0 saturated heterocycles. The van der Waals surface area contributed by atoms with E-state index >= 15 is 0 Å². The third kappa shape index (κ3) is 4.59. The molecule has 3 nitrogen and oxygen atoms in total. The molecular formula is C11H22N2O. The Kier molecular flexibility index (Phi) is 5.75. The maximum atomic E-state index is 10.1. The van der Waals surface area contributed by atoms with E-state index in [0.717, 1.165) is 19.4 Å². The summed E-state index contributed by atoms with van der Waals surface area (Å²) >= 11 is 0. The molecule has 0 aliphatic rings. The van der Waals surface area contributed by atoms with E-state index in [9.17, 15) is 5.11 Å². The Hall–Kier alpha value is -0.590. The SMILES string of the molecule is CCC(O)(CC)CN(C)CC(C)C#N. The summed E-state index contributed by atoms with van der Waals surface area (Å²) in [5, 5.41) is 18.7. The lowest BCUT2D eigenvalue weighted by molar-refractivity contribution is 0.00169. The molecule has 1 atom stereocenters. The molecule has 0 saturated carbocycles. The minimum Gasteiger partial charge on any atom is -0.389 e. The van der Waals surface area contributed by atoms with Gasteiger partial charge in [0.15, 0.2) is 0 Å². The highest BCUT2D eigenvalue weighted by Crippen LogP contribution is 2.16. The predicted molar refractivity (Wildman–Crippen MR) is 57.8 cm³/mol. The first kappa shape index (κ1) is 13.4. The Balaban J connectivity index is 4.04. The van der Waals surface area contributed by atoms with E-state index in [2.05, 4.69) is 6.07 Å². The molecule has 14 heavy (non-hydrogen) atoms. The topological polar surface area (TPSA) is 47.3 Å². The number of aliphatic hydroxyl groups is 1. The predicted octanol–water partition coefficient (Wildman–Crippen LogP) is 1.63. The highest BCUT2D eigenvalue weighted by molar-refractivity contribution is 4.84. The van der Waals surface area contributed by atoms with Crippen LogP contribution >= 0.6 is 0 Å². The molecule has 0 aromatic rings. The Morgan fingerprint density at radius 3 is 2.29 bits per heavy atom. The van der Waals surface area contributed by atoms with E-state index in [-0.39, 0.29) is 5.92 Å². The summed E-state index contributed by atoms with van der Waals surface area (Å²) in [4.78, 5) is 2.03. The van der Waals surface area contributed by atoms with Gasteiger partial charge in [-0.1, -0.05) is 13.8 Å². The van der Waals surface area contributed by atoms with Crippen LogP contribution in [0.2, 0.25) is 0 Å². The van der Waals surface area contributed by atoms with Gasteiger partial charge < -0.3 is 10.0 Å². The lowest BCUT2D eigenvalue weighted by atomic mass is 9.96. The summed E-state index contributed by atoms with van der Waals surface area (Å²) < 4.78 is 0. The summed E-state index contributed by atoms with van der Waals surface area (Å²) in [6, 6.07) is 2.19. The minimum atomic E-state index is -0.593. The van der Waals surface area contributed by atoms with Gasteiger partial charge in [0.05, 0.1) is 17.6 Å². The second kappa shape index (κ2) is 6.00. The van der Waals surface area contributed by atoms with Gasteiger partial charge in [0, 0.05) is 13.1 Å². The standard InChI is InChI=1S/C11H22N2O/c1-5-11(14,6-2)9-13(4)8-10(3)7-12/h10,14H,5-6,8-9H2,1-4H3. The van der Waals surface area contributed by atoms with Crippen molar-refractivity contribution in [3.8, 4) is 6.07 Å². The lowest BCUT2D eigenvalue weighted by Gasteiger charge is -2.31. The second-order valence-corrected chi connectivity index (χ2v) is 4.16. The van der Waals surface area contributed by atoms with Gasteiger partial charge >= 0.3 is 0 Å². The molecule has 0 fully saturated rings. The Morgan fingerprint density at radius 2 is 1.93 bits per heavy atom. The van der Waals surface area contributed by atoms with Gasteiger partial charge in [-0.2, -0.15) is 5.26 Å². The normalized spacial score (nSPS) is 14.1. The van der Waals surface area contributed by atoms with Crippen LogP contribution in [0.3, 0.4) is 0 Å². The van der Waals surface area contributed by atoms with Gasteiger partial charge in [-0.15, -0.1) is 0 Å². The van der Waals surface area contributed by atoms with Crippen LogP contribution in [-0.4, -0.2) is 35.7 Å². The first-order chi connectivity index (χ1) is 6.47. The molecule has 0 spiro atoms. The average Bonchev–Trinajstić information content (AvgIpc) is 2.17. The number of nitriles is 1. The van der Waals surface area contributed by atoms with E-state index in [1.807, 2.05) is 32.7 Å². The average molecular weight is 198 g/mol. The first-order valence-electron chi connectivity index (χ1n) is 5.28. The molecule has 0 aromatic carbocycles. The Bertz CT molecular complexity index is 194. The van der Waals surface area contributed by atoms with Crippen LogP contribution < -0.4 is 0 Å². The minimum absolute atomic E-state index is 0.0259. The van der Waals surface area contributed by atoms with Crippen molar-refractivity contribution in [3.05, 3.63) is 0 Å². The molecule has 1 unspecified atom stereocenters. The zero-order chi connectivity index (χ0) is 11.2. The van der Waals surface area contributed by atoms with E-state index in [0.29, 0.717) is 6.54 Å². The zero-order valence-corrected chi connectivity index (χ0v) is 9.75. The van der Waals surface area contributed by atoms with Gasteiger partial charge in [0.1, 0.15) is 0 Å². The third-order valence-corrected chi connectivity index (χ3v) is 2.69. The smallest absolute Gasteiger partial charge is 0.0768 e. The first-order valence-corrected chi connectivity index (χ1v) is 5.28. The van der Waals surface area contributed by atoms with Crippen LogP contribution in [0.1, 0.15) is 33.6 Å². The zero-order valence-electron chi connectivity index (χ0n) is 9.75. The summed E-state index contributed by atoms with van der Waals surface area (Å²) in [5.74, 6) is 0.0259. The Morgan fingerprint density at radius 1 is 1.43 bits per heavy atom. The number of rotatable bonds is 6. The van der Waals surface area contributed by atoms with Crippen molar-refractivity contribution >= 4 is 0 Å². The number of nitrogens with zero attached hydrogens (tertiary/aromatic N) is 2. The van der Waals surface area contributed by atoms with Crippen molar-refractivity contribution < 1.29 is 5.11 Å². The Labute approximate surface area is 87.3 Å². The van der Waals surface area contributed by atoms with Crippen LogP contribution in [0.5, 0.6) is 0 Å². The fourth-order valence-corrected chi connectivity index (χ4v) is 1.55. The maximum Gasteiger partial charge on any atom is 0.0768 e. The number of likely N-dealkylation sites (N-methyl/N-ethyl adjacent to an activating group) is 1. The van der Waals surface area contributed by atoms with Gasteiger partial charge in [0.2, 0.25) is 0 Å². The second-order valence-electron chi connectivity index (χ2n) is 4.16. The molecule has 0 aliphatic carbocycles. The fourth-order valence-electron chi connectivity index (χ4n) is 1.55. The molecule has 0 heterocycles. The monoisotopic (exact) mass is 198 g/mol. The van der Waals surface area contributed by atoms with E-state index in [1.165, 1.54) is 0 Å². The molecule has 0 amide bonds. The quantitative estimate of drug-likeness (QED) is 0.705. The molecule has 1 N–H and O–H groups in total. The van der Waals surface area contributed by atoms with Crippen LogP contribution in [0.15, 0.2) is 0 Å². The molecule has 0 bridgehead atoms. The maximum absolute atomic E-state index is 10.1. The van der Waals surface area contributed by atoms with Crippen LogP contribution in [0.25, 0.3) is 0 Å². The molecule has 0 radical (unpaired) electrons. The number of hydrogen-bond acceptors (Lipinski definition) is 3. The van der Waals surface area contributed by atoms with E-state index in [1.54, 1.807) is 0 Å². The summed E-state index contributed by atoms with van der Waals surface area (Å²) in [5.41, 5.74) is -0.593. The molecule has 0 aromatic heterocycles. The van der Waals surface area contributed by atoms with Crippen molar-refractivity contribution in [3.63, 3.8) is 0 Å². The van der Waals surface area contributed by atoms with Crippen molar-refractivity contribution in [2.75, 3.05) is 20.1 Å². The van der Waals surface area contributed by atoms with Crippen molar-refractivity contribution in [2.24, 2.45) is 5.92 Å². The lowest BCUT2D eigenvalue weighted by Crippen LogP contribution is -2.41. The van der Waals surface area contributed by atoms with Crippen molar-refractivity contribution in [2.45, 2.75) is 39.2 Å². The summed E-state index contributed by atoms with van der Waals surface area (Å²) in [6.07, 6.45) is 1.52. The highest BCUT2D eigenvalue weighted by Gasteiger charge is 2.24. The highest BCUT2D eigenvalue weighted by atomic mass is 16.3. The molecule has 3 heteroatoms. The van der Waals surface area contributed by atoms with Crippen LogP contribution in [0.4, 0.5) is 0 Å². The summed E-state index contributed by atoms with van der Waals surface area (Å²) in [7, 11) is 1.95. The molecule has 82 valence electrons. The largest absolute Gasteiger partial charge is 0.389 e. The third-order valence-electron chi connectivity index (χ3n) is 2.69. The van der Waals surface area contributed by atoms with Gasteiger partial charge in [-0.25, -0.2) is 0 Å². The van der Waals surface area contributed by atoms with E-state index in [4.69, 9.17) is 5.26 Å². The van der Waals surface area contributed by atoms with Crippen molar-refractivity contribution in [1.82, 2.24) is 4.90 Å². The van der Waals surface area contributed by atoms with E-state index < -0.39 is 5.60 Å². The molecular weight excluding hydrogens is 176 g/mol. The van der Waals surface area contributed by atoms with Crippen LogP contribution in [0, 0.1) is 17.2 Å². The van der Waals surface area contributed by atoms with Gasteiger partial charge in [0.25, 0.3) is 0 Å². The molecule has 0 aliphatic heterocycles. The van der Waals surface area contributed by atoms with Crippen LogP contribution in [-0.2, 0) is 0 Å². The summed E-state index contributed by atoms with van der Waals surface area (Å²) in [6.45, 7) is 7.24. The molecule has 0 rings (SSSR count). The van der Waals surface area contributed by atoms with Gasteiger partial charge in [-0.05, 0) is 26.8 Å². The fraction of sp³-hybridized carbons (Fsp3) is 0.909. The van der Waals surface area contributed by atoms with Gasteiger partial charge in [-0.3, -0.25) is 0 Å². The number of hydrogen-bond donors (Lipinski definition) is 1.